The molecule has 0 saturated carbocycles. The van der Waals surface area contributed by atoms with Gasteiger partial charge in [-0.2, -0.15) is 0 Å². The van der Waals surface area contributed by atoms with Crippen molar-refractivity contribution in [3.05, 3.63) is 53.1 Å². The van der Waals surface area contributed by atoms with Crippen LogP contribution in [0.15, 0.2) is 36.4 Å². The van der Waals surface area contributed by atoms with Crippen molar-refractivity contribution >= 4 is 5.69 Å². The summed E-state index contributed by atoms with van der Waals surface area (Å²) in [6.45, 7) is 2.07. The van der Waals surface area contributed by atoms with E-state index in [9.17, 15) is 5.11 Å². The van der Waals surface area contributed by atoms with E-state index in [1.54, 1.807) is 13.2 Å². The quantitative estimate of drug-likeness (QED) is 0.890. The molecule has 1 atom stereocenters. The Bertz CT molecular complexity index is 637. The first-order valence-electron chi connectivity index (χ1n) is 6.91. The molecule has 20 heavy (non-hydrogen) atoms. The van der Waals surface area contributed by atoms with Crippen LogP contribution in [-0.4, -0.2) is 12.2 Å². The van der Waals surface area contributed by atoms with Crippen LogP contribution in [0.4, 0.5) is 5.69 Å². The van der Waals surface area contributed by atoms with E-state index in [1.165, 1.54) is 11.1 Å². The largest absolute Gasteiger partial charge is 0.508 e. The van der Waals surface area contributed by atoms with Gasteiger partial charge in [0.05, 0.1) is 18.8 Å². The van der Waals surface area contributed by atoms with E-state index < -0.39 is 0 Å². The first kappa shape index (κ1) is 12.9. The van der Waals surface area contributed by atoms with Crippen LogP contribution < -0.4 is 10.1 Å². The molecular weight excluding hydrogens is 250 g/mol. The topological polar surface area (TPSA) is 41.5 Å². The van der Waals surface area contributed by atoms with Crippen molar-refractivity contribution in [2.24, 2.45) is 0 Å². The molecule has 2 aromatic rings. The second kappa shape index (κ2) is 5.08. The van der Waals surface area contributed by atoms with E-state index in [1.807, 2.05) is 18.2 Å². The number of ether oxygens (including phenoxy) is 1. The predicted octanol–water partition coefficient (Wildman–Crippen LogP) is 3.81. The minimum absolute atomic E-state index is 0.229. The summed E-state index contributed by atoms with van der Waals surface area (Å²) in [6, 6.07) is 12.1. The zero-order valence-corrected chi connectivity index (χ0v) is 11.8. The maximum absolute atomic E-state index is 9.91. The van der Waals surface area contributed by atoms with Crippen LogP contribution in [0, 0.1) is 6.92 Å². The Morgan fingerprint density at radius 2 is 2.10 bits per heavy atom. The zero-order valence-electron chi connectivity index (χ0n) is 11.8. The molecule has 0 spiro atoms. The molecular formula is C17H19NO2. The highest BCUT2D eigenvalue weighted by atomic mass is 16.5. The lowest BCUT2D eigenvalue weighted by molar-refractivity contribution is 0.416. The summed E-state index contributed by atoms with van der Waals surface area (Å²) < 4.78 is 5.41. The average molecular weight is 269 g/mol. The van der Waals surface area contributed by atoms with Crippen molar-refractivity contribution in [2.75, 3.05) is 12.4 Å². The number of aromatic hydroxyl groups is 1. The molecule has 1 unspecified atom stereocenters. The first-order chi connectivity index (χ1) is 9.69. The summed E-state index contributed by atoms with van der Waals surface area (Å²) in [5.74, 6) is 1.26. The molecule has 0 aromatic heterocycles. The van der Waals surface area contributed by atoms with Crippen LogP contribution in [0.1, 0.15) is 29.2 Å². The third-order valence-corrected chi connectivity index (χ3v) is 3.93. The maximum Gasteiger partial charge on any atom is 0.141 e. The van der Waals surface area contributed by atoms with E-state index in [0.717, 1.165) is 29.8 Å². The van der Waals surface area contributed by atoms with Crippen LogP contribution in [0.2, 0.25) is 0 Å². The third kappa shape index (κ3) is 2.20. The van der Waals surface area contributed by atoms with Gasteiger partial charge in [-0.25, -0.2) is 0 Å². The molecule has 1 aliphatic carbocycles. The third-order valence-electron chi connectivity index (χ3n) is 3.93. The van der Waals surface area contributed by atoms with Crippen molar-refractivity contribution < 1.29 is 9.84 Å². The Kier molecular flexibility index (Phi) is 3.26. The van der Waals surface area contributed by atoms with Gasteiger partial charge in [0.15, 0.2) is 0 Å². The molecule has 2 aromatic carbocycles. The summed E-state index contributed by atoms with van der Waals surface area (Å²) in [6.07, 6.45) is 1.90. The number of anilines is 1. The molecule has 0 radical (unpaired) electrons. The van der Waals surface area contributed by atoms with Crippen LogP contribution in [0.3, 0.4) is 0 Å². The Morgan fingerprint density at radius 3 is 2.90 bits per heavy atom. The zero-order chi connectivity index (χ0) is 14.1. The average Bonchev–Trinajstić information content (AvgIpc) is 2.84. The predicted molar refractivity (Wildman–Crippen MR) is 80.5 cm³/mol. The Morgan fingerprint density at radius 1 is 1.25 bits per heavy atom. The SMILES string of the molecule is COc1ccc(C)cc1NC1CCc2c(O)cccc21. The van der Waals surface area contributed by atoms with Gasteiger partial charge in [-0.05, 0) is 54.7 Å². The lowest BCUT2D eigenvalue weighted by Gasteiger charge is -2.18. The molecule has 1 aliphatic rings. The van der Waals surface area contributed by atoms with E-state index in [0.29, 0.717) is 5.75 Å². The minimum atomic E-state index is 0.229. The van der Waals surface area contributed by atoms with E-state index in [2.05, 4.69) is 24.4 Å². The van der Waals surface area contributed by atoms with Gasteiger partial charge in [0.1, 0.15) is 11.5 Å². The standard InChI is InChI=1S/C17H19NO2/c1-11-6-9-17(20-2)15(10-11)18-14-8-7-13-12(14)4-3-5-16(13)19/h3-6,9-10,14,18-19H,7-8H2,1-2H3. The number of methoxy groups -OCH3 is 1. The molecule has 0 bridgehead atoms. The van der Waals surface area contributed by atoms with Crippen LogP contribution in [-0.2, 0) is 6.42 Å². The fraction of sp³-hybridized carbons (Fsp3) is 0.294. The molecule has 3 heteroatoms. The fourth-order valence-corrected chi connectivity index (χ4v) is 2.91. The van der Waals surface area contributed by atoms with Crippen molar-refractivity contribution in [3.63, 3.8) is 0 Å². The van der Waals surface area contributed by atoms with Crippen LogP contribution >= 0.6 is 0 Å². The second-order valence-electron chi connectivity index (χ2n) is 5.28. The van der Waals surface area contributed by atoms with Gasteiger partial charge in [-0.15, -0.1) is 0 Å². The summed E-state index contributed by atoms with van der Waals surface area (Å²) >= 11 is 0. The maximum atomic E-state index is 9.91. The number of hydrogen-bond acceptors (Lipinski definition) is 3. The first-order valence-corrected chi connectivity index (χ1v) is 6.91. The smallest absolute Gasteiger partial charge is 0.141 e. The van der Waals surface area contributed by atoms with Gasteiger partial charge in [0.2, 0.25) is 0 Å². The van der Waals surface area contributed by atoms with Gasteiger partial charge in [-0.3, -0.25) is 0 Å². The molecule has 0 fully saturated rings. The van der Waals surface area contributed by atoms with Gasteiger partial charge < -0.3 is 15.2 Å². The normalized spacial score (nSPS) is 16.8. The van der Waals surface area contributed by atoms with Crippen LogP contribution in [0.25, 0.3) is 0 Å². The molecule has 104 valence electrons. The van der Waals surface area contributed by atoms with Crippen molar-refractivity contribution in [2.45, 2.75) is 25.8 Å². The van der Waals surface area contributed by atoms with Gasteiger partial charge in [0, 0.05) is 0 Å². The lowest BCUT2D eigenvalue weighted by atomic mass is 10.1. The van der Waals surface area contributed by atoms with E-state index in [-0.39, 0.29) is 6.04 Å². The Labute approximate surface area is 119 Å². The van der Waals surface area contributed by atoms with Crippen molar-refractivity contribution in [1.82, 2.24) is 0 Å². The summed E-state index contributed by atoms with van der Waals surface area (Å²) in [4.78, 5) is 0. The summed E-state index contributed by atoms with van der Waals surface area (Å²) in [5.41, 5.74) is 4.46. The molecule has 3 rings (SSSR count). The van der Waals surface area contributed by atoms with E-state index in [4.69, 9.17) is 4.74 Å². The van der Waals surface area contributed by atoms with Gasteiger partial charge in [0.25, 0.3) is 0 Å². The number of hydrogen-bond donors (Lipinski definition) is 2. The molecule has 0 saturated heterocycles. The highest BCUT2D eigenvalue weighted by Crippen LogP contribution is 2.39. The molecule has 3 nitrogen and oxygen atoms in total. The van der Waals surface area contributed by atoms with Gasteiger partial charge in [-0.1, -0.05) is 18.2 Å². The number of nitrogens with one attached hydrogen (secondary N) is 1. The summed E-state index contributed by atoms with van der Waals surface area (Å²) in [7, 11) is 1.68. The molecule has 0 heterocycles. The van der Waals surface area contributed by atoms with Crippen LogP contribution in [0.5, 0.6) is 11.5 Å². The molecule has 0 amide bonds. The number of rotatable bonds is 3. The fourth-order valence-electron chi connectivity index (χ4n) is 2.91. The minimum Gasteiger partial charge on any atom is -0.508 e. The highest BCUT2D eigenvalue weighted by molar-refractivity contribution is 5.60. The van der Waals surface area contributed by atoms with E-state index >= 15 is 0 Å². The number of aryl methyl sites for hydroxylation is 1. The Hall–Kier alpha value is -2.16. The second-order valence-corrected chi connectivity index (χ2v) is 5.28. The summed E-state index contributed by atoms with van der Waals surface area (Å²) in [5, 5.41) is 13.5. The monoisotopic (exact) mass is 269 g/mol. The number of phenols is 1. The number of phenolic OH excluding ortho intramolecular Hbond substituents is 1. The van der Waals surface area contributed by atoms with Crippen molar-refractivity contribution in [1.29, 1.82) is 0 Å². The molecule has 0 aliphatic heterocycles. The number of benzene rings is 2. The van der Waals surface area contributed by atoms with Gasteiger partial charge >= 0.3 is 0 Å². The highest BCUT2D eigenvalue weighted by Gasteiger charge is 2.25. The molecule has 2 N–H and O–H groups in total. The van der Waals surface area contributed by atoms with Crippen molar-refractivity contribution in [3.8, 4) is 11.5 Å². The lowest BCUT2D eigenvalue weighted by Crippen LogP contribution is -2.08. The Balaban J connectivity index is 1.91. The number of fused-ring (bicyclic) bond motifs is 1.